The summed E-state index contributed by atoms with van der Waals surface area (Å²) >= 11 is 7.15. The summed E-state index contributed by atoms with van der Waals surface area (Å²) in [4.78, 5) is 0. The lowest BCUT2D eigenvalue weighted by Gasteiger charge is -2.13. The van der Waals surface area contributed by atoms with Crippen LogP contribution in [0.2, 0.25) is 0 Å². The Morgan fingerprint density at radius 1 is 0.957 bits per heavy atom. The molecule has 0 saturated heterocycles. The number of nitrogens with zero attached hydrogens (tertiary/aromatic N) is 3. The summed E-state index contributed by atoms with van der Waals surface area (Å²) in [6.45, 7) is 1.17. The van der Waals surface area contributed by atoms with Crippen LogP contribution in [0, 0.1) is 0 Å². The van der Waals surface area contributed by atoms with Crippen LogP contribution in [-0.4, -0.2) is 14.9 Å². The van der Waals surface area contributed by atoms with Gasteiger partial charge in [0.1, 0.15) is 25.0 Å². The molecular weight excluding hydrogens is 424 g/mol. The maximum absolute atomic E-state index is 5.92. The zero-order valence-electron chi connectivity index (χ0n) is 12.1. The number of nitrogens with one attached hydrogen (secondary N) is 1. The molecule has 118 valence electrons. The molecule has 1 N–H and O–H groups in total. The number of aromatic nitrogens is 3. The average molecular weight is 438 g/mol. The van der Waals surface area contributed by atoms with Gasteiger partial charge < -0.3 is 10.2 Å². The summed E-state index contributed by atoms with van der Waals surface area (Å²) in [5, 5.41) is 7.50. The fraction of sp³-hybridized carbons (Fsp3) is 0.125. The smallest absolute Gasteiger partial charge is 0.148 e. The molecular formula is C16H14Br2N4O. The van der Waals surface area contributed by atoms with Crippen LogP contribution in [-0.2, 0) is 13.2 Å². The number of hydrogen-bond acceptors (Lipinski definition) is 4. The maximum atomic E-state index is 5.92. The van der Waals surface area contributed by atoms with E-state index in [0.29, 0.717) is 13.2 Å². The molecule has 1 heterocycles. The lowest BCUT2D eigenvalue weighted by atomic mass is 10.2. The third-order valence-electron chi connectivity index (χ3n) is 3.17. The van der Waals surface area contributed by atoms with Gasteiger partial charge in [-0.3, -0.25) is 0 Å². The number of halogens is 2. The second kappa shape index (κ2) is 7.61. The molecule has 0 saturated carbocycles. The van der Waals surface area contributed by atoms with Crippen LogP contribution in [0.25, 0.3) is 0 Å². The number of hydrogen-bond donors (Lipinski definition) is 1. The van der Waals surface area contributed by atoms with Gasteiger partial charge in [0.2, 0.25) is 0 Å². The van der Waals surface area contributed by atoms with Gasteiger partial charge in [0.15, 0.2) is 0 Å². The Balaban J connectivity index is 1.67. The quantitative estimate of drug-likeness (QED) is 0.630. The molecule has 0 spiro atoms. The van der Waals surface area contributed by atoms with Crippen molar-refractivity contribution >= 4 is 31.9 Å². The van der Waals surface area contributed by atoms with Crippen LogP contribution in [0.5, 0.6) is 5.75 Å². The maximum Gasteiger partial charge on any atom is 0.148 e. The Morgan fingerprint density at radius 2 is 1.61 bits per heavy atom. The van der Waals surface area contributed by atoms with Crippen molar-refractivity contribution in [1.29, 1.82) is 0 Å². The molecule has 0 aliphatic heterocycles. The Labute approximate surface area is 150 Å². The van der Waals surface area contributed by atoms with E-state index >= 15 is 0 Å². The van der Waals surface area contributed by atoms with Crippen molar-refractivity contribution in [2.75, 3.05) is 5.43 Å². The highest BCUT2D eigenvalue weighted by Crippen LogP contribution is 2.35. The number of benzene rings is 2. The normalized spacial score (nSPS) is 10.5. The zero-order valence-corrected chi connectivity index (χ0v) is 15.3. The second-order valence-electron chi connectivity index (χ2n) is 4.87. The van der Waals surface area contributed by atoms with Gasteiger partial charge in [0, 0.05) is 0 Å². The lowest BCUT2D eigenvalue weighted by Crippen LogP contribution is -2.12. The van der Waals surface area contributed by atoms with Crippen molar-refractivity contribution in [2.45, 2.75) is 13.2 Å². The number of ether oxygens (including phenoxy) is 1. The molecule has 0 atom stereocenters. The van der Waals surface area contributed by atoms with E-state index in [0.717, 1.165) is 25.8 Å². The highest BCUT2D eigenvalue weighted by molar-refractivity contribution is 9.11. The molecule has 0 unspecified atom stereocenters. The molecule has 0 aliphatic rings. The van der Waals surface area contributed by atoms with E-state index in [4.69, 9.17) is 4.74 Å². The van der Waals surface area contributed by atoms with Crippen LogP contribution in [0.1, 0.15) is 11.1 Å². The van der Waals surface area contributed by atoms with Crippen LogP contribution in [0.15, 0.2) is 64.1 Å². The SMILES string of the molecule is Brc1cc(CNn2cnnc2)cc(Br)c1OCc1ccccc1. The van der Waals surface area contributed by atoms with E-state index in [1.165, 1.54) is 0 Å². The van der Waals surface area contributed by atoms with Crippen LogP contribution >= 0.6 is 31.9 Å². The predicted octanol–water partition coefficient (Wildman–Crippen LogP) is 4.13. The van der Waals surface area contributed by atoms with Gasteiger partial charge in [0.05, 0.1) is 15.5 Å². The van der Waals surface area contributed by atoms with Gasteiger partial charge in [-0.15, -0.1) is 10.2 Å². The molecule has 0 bridgehead atoms. The highest BCUT2D eigenvalue weighted by atomic mass is 79.9. The first kappa shape index (κ1) is 16.0. The Kier molecular flexibility index (Phi) is 5.30. The van der Waals surface area contributed by atoms with E-state index in [9.17, 15) is 0 Å². The molecule has 7 heteroatoms. The van der Waals surface area contributed by atoms with Gasteiger partial charge in [-0.25, -0.2) is 4.68 Å². The second-order valence-corrected chi connectivity index (χ2v) is 6.58. The van der Waals surface area contributed by atoms with Gasteiger partial charge in [-0.1, -0.05) is 30.3 Å². The summed E-state index contributed by atoms with van der Waals surface area (Å²) < 4.78 is 9.44. The Bertz CT molecular complexity index is 740. The first-order chi connectivity index (χ1) is 11.2. The molecule has 3 rings (SSSR count). The predicted molar refractivity (Wildman–Crippen MR) is 95.7 cm³/mol. The monoisotopic (exact) mass is 436 g/mol. The average Bonchev–Trinajstić information content (AvgIpc) is 3.06. The summed E-state index contributed by atoms with van der Waals surface area (Å²) in [6.07, 6.45) is 3.23. The largest absolute Gasteiger partial charge is 0.487 e. The molecule has 0 amide bonds. The molecule has 1 aromatic heterocycles. The standard InChI is InChI=1S/C16H14Br2N4O/c17-14-6-13(8-21-22-10-19-20-11-22)7-15(18)16(14)23-9-12-4-2-1-3-5-12/h1-7,10-11,21H,8-9H2. The minimum absolute atomic E-state index is 0.524. The molecule has 0 fully saturated rings. The van der Waals surface area contributed by atoms with E-state index in [-0.39, 0.29) is 0 Å². The molecule has 5 nitrogen and oxygen atoms in total. The zero-order chi connectivity index (χ0) is 16.1. The van der Waals surface area contributed by atoms with Crippen molar-refractivity contribution in [2.24, 2.45) is 0 Å². The Morgan fingerprint density at radius 3 is 2.26 bits per heavy atom. The Hall–Kier alpha value is -1.86. The third kappa shape index (κ3) is 4.33. The van der Waals surface area contributed by atoms with E-state index in [1.54, 1.807) is 17.3 Å². The topological polar surface area (TPSA) is 52.0 Å². The minimum Gasteiger partial charge on any atom is -0.487 e. The van der Waals surface area contributed by atoms with Gasteiger partial charge in [0.25, 0.3) is 0 Å². The van der Waals surface area contributed by atoms with Gasteiger partial charge in [-0.2, -0.15) is 0 Å². The summed E-state index contributed by atoms with van der Waals surface area (Å²) in [7, 11) is 0. The van der Waals surface area contributed by atoms with Gasteiger partial charge >= 0.3 is 0 Å². The first-order valence-corrected chi connectivity index (χ1v) is 8.54. The summed E-state index contributed by atoms with van der Waals surface area (Å²) in [5.74, 6) is 0.793. The molecule has 23 heavy (non-hydrogen) atoms. The minimum atomic E-state index is 0.524. The molecule has 3 aromatic rings. The van der Waals surface area contributed by atoms with Crippen molar-refractivity contribution in [3.8, 4) is 5.75 Å². The lowest BCUT2D eigenvalue weighted by molar-refractivity contribution is 0.302. The molecule has 0 radical (unpaired) electrons. The summed E-state index contributed by atoms with van der Waals surface area (Å²) in [6, 6.07) is 14.1. The van der Waals surface area contributed by atoms with Crippen molar-refractivity contribution in [3.05, 3.63) is 75.2 Å². The number of rotatable bonds is 6. The van der Waals surface area contributed by atoms with Crippen molar-refractivity contribution < 1.29 is 4.74 Å². The fourth-order valence-corrected chi connectivity index (χ4v) is 3.56. The van der Waals surface area contributed by atoms with Crippen LogP contribution < -0.4 is 10.2 Å². The molecule has 0 aliphatic carbocycles. The highest BCUT2D eigenvalue weighted by Gasteiger charge is 2.09. The van der Waals surface area contributed by atoms with E-state index in [1.807, 2.05) is 42.5 Å². The van der Waals surface area contributed by atoms with Crippen LogP contribution in [0.4, 0.5) is 0 Å². The fourth-order valence-electron chi connectivity index (χ4n) is 2.05. The van der Waals surface area contributed by atoms with Crippen LogP contribution in [0.3, 0.4) is 0 Å². The third-order valence-corrected chi connectivity index (χ3v) is 4.35. The van der Waals surface area contributed by atoms with Crippen molar-refractivity contribution in [3.63, 3.8) is 0 Å². The molecule has 2 aromatic carbocycles. The summed E-state index contributed by atoms with van der Waals surface area (Å²) in [5.41, 5.74) is 5.41. The first-order valence-electron chi connectivity index (χ1n) is 6.95. The van der Waals surface area contributed by atoms with Gasteiger partial charge in [-0.05, 0) is 55.1 Å². The van der Waals surface area contributed by atoms with Crippen molar-refractivity contribution in [1.82, 2.24) is 14.9 Å². The van der Waals surface area contributed by atoms with E-state index in [2.05, 4.69) is 47.5 Å². The van der Waals surface area contributed by atoms with E-state index < -0.39 is 0 Å².